The number of rotatable bonds is 3. The van der Waals surface area contributed by atoms with Crippen LogP contribution in [-0.4, -0.2) is 35.5 Å². The molecule has 1 saturated heterocycles. The zero-order chi connectivity index (χ0) is 15.5. The van der Waals surface area contributed by atoms with Crippen molar-refractivity contribution < 1.29 is 13.9 Å². The van der Waals surface area contributed by atoms with Crippen molar-refractivity contribution in [1.29, 1.82) is 0 Å². The number of morpholine rings is 1. The Morgan fingerprint density at radius 2 is 2.27 bits per heavy atom. The predicted molar refractivity (Wildman–Crippen MR) is 79.7 cm³/mol. The molecule has 1 atom stereocenters. The number of carbonyl (C=O) groups is 1. The van der Waals surface area contributed by atoms with Crippen LogP contribution in [0.25, 0.3) is 0 Å². The molecule has 0 unspecified atom stereocenters. The van der Waals surface area contributed by atoms with Crippen molar-refractivity contribution in [1.82, 2.24) is 9.88 Å². The fraction of sp³-hybridized carbons (Fsp3) is 0.375. The van der Waals surface area contributed by atoms with Crippen molar-refractivity contribution in [3.8, 4) is 0 Å². The summed E-state index contributed by atoms with van der Waals surface area (Å²) in [7, 11) is 0. The molecule has 6 heteroatoms. The molecule has 116 valence electrons. The minimum Gasteiger partial charge on any atom is -0.464 e. The monoisotopic (exact) mass is 302 g/mol. The van der Waals surface area contributed by atoms with Crippen LogP contribution in [0.15, 0.2) is 39.7 Å². The van der Waals surface area contributed by atoms with E-state index in [1.54, 1.807) is 11.0 Å². The number of aromatic amines is 1. The molecule has 1 N–H and O–H groups in total. The molecule has 0 spiro atoms. The number of furan rings is 1. The Labute approximate surface area is 127 Å². The fourth-order valence-corrected chi connectivity index (χ4v) is 2.59. The average molecular weight is 302 g/mol. The van der Waals surface area contributed by atoms with Crippen molar-refractivity contribution in [3.05, 3.63) is 57.9 Å². The van der Waals surface area contributed by atoms with E-state index in [0.29, 0.717) is 25.5 Å². The number of hydrogen-bond acceptors (Lipinski definition) is 4. The number of H-pyrrole nitrogens is 1. The normalized spacial score (nSPS) is 18.4. The van der Waals surface area contributed by atoms with Crippen molar-refractivity contribution >= 4 is 5.91 Å². The van der Waals surface area contributed by atoms with Crippen molar-refractivity contribution in [2.24, 2.45) is 0 Å². The molecule has 1 aliphatic heterocycles. The third-order valence-corrected chi connectivity index (χ3v) is 3.80. The van der Waals surface area contributed by atoms with E-state index >= 15 is 0 Å². The van der Waals surface area contributed by atoms with E-state index in [1.165, 1.54) is 12.3 Å². The molecule has 1 amide bonds. The van der Waals surface area contributed by atoms with E-state index in [4.69, 9.17) is 9.15 Å². The summed E-state index contributed by atoms with van der Waals surface area (Å²) >= 11 is 0. The number of aryl methyl sites for hydroxylation is 1. The second kappa shape index (κ2) is 6.19. The predicted octanol–water partition coefficient (Wildman–Crippen LogP) is 1.74. The zero-order valence-corrected chi connectivity index (χ0v) is 12.4. The van der Waals surface area contributed by atoms with Gasteiger partial charge in [-0.25, -0.2) is 0 Å². The lowest BCUT2D eigenvalue weighted by Crippen LogP contribution is -2.44. The molecule has 6 nitrogen and oxygen atoms in total. The summed E-state index contributed by atoms with van der Waals surface area (Å²) in [5.74, 6) is 1.26. The van der Waals surface area contributed by atoms with Crippen molar-refractivity contribution in [3.63, 3.8) is 0 Å². The highest BCUT2D eigenvalue weighted by Gasteiger charge is 2.32. The van der Waals surface area contributed by atoms with Gasteiger partial charge < -0.3 is 19.0 Å². The van der Waals surface area contributed by atoms with Crippen molar-refractivity contribution in [2.75, 3.05) is 19.8 Å². The Kier molecular flexibility index (Phi) is 4.11. The molecule has 0 aromatic carbocycles. The van der Waals surface area contributed by atoms with Crippen molar-refractivity contribution in [2.45, 2.75) is 19.4 Å². The molecule has 0 saturated carbocycles. The van der Waals surface area contributed by atoms with Gasteiger partial charge in [0.25, 0.3) is 11.5 Å². The maximum absolute atomic E-state index is 12.7. The first-order chi connectivity index (χ1) is 10.7. The minimum atomic E-state index is -0.383. The van der Waals surface area contributed by atoms with Crippen LogP contribution in [0.3, 0.4) is 0 Å². The Balaban J connectivity index is 1.91. The molecule has 0 aliphatic carbocycles. The van der Waals surface area contributed by atoms with Gasteiger partial charge in [0.2, 0.25) is 0 Å². The Morgan fingerprint density at radius 3 is 3.00 bits per heavy atom. The lowest BCUT2D eigenvalue weighted by molar-refractivity contribution is -0.00910. The molecule has 2 aromatic heterocycles. The van der Waals surface area contributed by atoms with Crippen LogP contribution in [0, 0.1) is 0 Å². The summed E-state index contributed by atoms with van der Waals surface area (Å²) in [5, 5.41) is 0. The summed E-state index contributed by atoms with van der Waals surface area (Å²) in [4.78, 5) is 28.7. The van der Waals surface area contributed by atoms with Gasteiger partial charge in [-0.05, 0) is 24.3 Å². The van der Waals surface area contributed by atoms with E-state index in [2.05, 4.69) is 4.98 Å². The number of hydrogen-bond donors (Lipinski definition) is 1. The standard InChI is InChI=1S/C16H18N2O4/c1-2-11-5-6-14(22-11)13-10-21-9-8-18(13)16(20)12-4-3-7-17-15(12)19/h3-7,13H,2,8-10H2,1H3,(H,17,19)/t13-/m1/s1. The van der Waals surface area contributed by atoms with E-state index in [9.17, 15) is 9.59 Å². The van der Waals surface area contributed by atoms with Gasteiger partial charge in [0, 0.05) is 19.2 Å². The van der Waals surface area contributed by atoms with Crippen LogP contribution in [0.4, 0.5) is 0 Å². The van der Waals surface area contributed by atoms with Gasteiger partial charge in [-0.3, -0.25) is 9.59 Å². The number of nitrogens with one attached hydrogen (secondary N) is 1. The van der Waals surface area contributed by atoms with Crippen LogP contribution in [0.1, 0.15) is 34.8 Å². The highest BCUT2D eigenvalue weighted by atomic mass is 16.5. The maximum atomic E-state index is 12.7. The first-order valence-electron chi connectivity index (χ1n) is 7.35. The maximum Gasteiger partial charge on any atom is 0.260 e. The topological polar surface area (TPSA) is 75.5 Å². The van der Waals surface area contributed by atoms with Crippen LogP contribution in [0.5, 0.6) is 0 Å². The highest BCUT2D eigenvalue weighted by Crippen LogP contribution is 2.27. The lowest BCUT2D eigenvalue weighted by atomic mass is 10.1. The van der Waals surface area contributed by atoms with Gasteiger partial charge >= 0.3 is 0 Å². The number of pyridine rings is 1. The smallest absolute Gasteiger partial charge is 0.260 e. The van der Waals surface area contributed by atoms with E-state index in [0.717, 1.165) is 12.2 Å². The molecular formula is C16H18N2O4. The van der Waals surface area contributed by atoms with E-state index in [1.807, 2.05) is 19.1 Å². The molecular weight excluding hydrogens is 284 g/mol. The first kappa shape index (κ1) is 14.6. The molecule has 0 bridgehead atoms. The number of aromatic nitrogens is 1. The summed E-state index contributed by atoms with van der Waals surface area (Å²) in [5.41, 5.74) is -0.247. The average Bonchev–Trinajstić information content (AvgIpc) is 3.04. The van der Waals surface area contributed by atoms with Gasteiger partial charge in [-0.2, -0.15) is 0 Å². The highest BCUT2D eigenvalue weighted by molar-refractivity contribution is 5.94. The largest absolute Gasteiger partial charge is 0.464 e. The van der Waals surface area contributed by atoms with Gasteiger partial charge in [0.1, 0.15) is 23.1 Å². The molecule has 3 rings (SSSR count). The lowest BCUT2D eigenvalue weighted by Gasteiger charge is -2.34. The number of ether oxygens (including phenoxy) is 1. The van der Waals surface area contributed by atoms with Gasteiger partial charge in [-0.15, -0.1) is 0 Å². The minimum absolute atomic E-state index is 0.136. The Bertz CT molecular complexity index is 719. The quantitative estimate of drug-likeness (QED) is 0.937. The van der Waals surface area contributed by atoms with Crippen LogP contribution < -0.4 is 5.56 Å². The molecule has 0 radical (unpaired) electrons. The van der Waals surface area contributed by atoms with Gasteiger partial charge in [0.15, 0.2) is 0 Å². The number of amides is 1. The molecule has 22 heavy (non-hydrogen) atoms. The third-order valence-electron chi connectivity index (χ3n) is 3.80. The summed E-state index contributed by atoms with van der Waals surface area (Å²) < 4.78 is 11.2. The molecule has 1 aliphatic rings. The SMILES string of the molecule is CCc1ccc([C@H]2COCCN2C(=O)c2ccc[nH]c2=O)o1. The summed E-state index contributed by atoms with van der Waals surface area (Å²) in [6.45, 7) is 3.26. The molecule has 1 fully saturated rings. The summed E-state index contributed by atoms with van der Waals surface area (Å²) in [6.07, 6.45) is 2.30. The number of nitrogens with zero attached hydrogens (tertiary/aromatic N) is 1. The van der Waals surface area contributed by atoms with Crippen LogP contribution >= 0.6 is 0 Å². The second-order valence-corrected chi connectivity index (χ2v) is 5.16. The van der Waals surface area contributed by atoms with Gasteiger partial charge in [-0.1, -0.05) is 6.92 Å². The summed E-state index contributed by atoms with van der Waals surface area (Å²) in [6, 6.07) is 6.65. The van der Waals surface area contributed by atoms with Gasteiger partial charge in [0.05, 0.1) is 13.2 Å². The van der Waals surface area contributed by atoms with Crippen LogP contribution in [-0.2, 0) is 11.2 Å². The second-order valence-electron chi connectivity index (χ2n) is 5.16. The molecule has 3 heterocycles. The molecule has 2 aromatic rings. The van der Waals surface area contributed by atoms with Crippen LogP contribution in [0.2, 0.25) is 0 Å². The Morgan fingerprint density at radius 1 is 1.41 bits per heavy atom. The van der Waals surface area contributed by atoms with E-state index in [-0.39, 0.29) is 23.1 Å². The first-order valence-corrected chi connectivity index (χ1v) is 7.35. The van der Waals surface area contributed by atoms with E-state index < -0.39 is 0 Å². The number of carbonyl (C=O) groups excluding carboxylic acids is 1. The fourth-order valence-electron chi connectivity index (χ4n) is 2.59. The third kappa shape index (κ3) is 2.69. The zero-order valence-electron chi connectivity index (χ0n) is 12.4. The Hall–Kier alpha value is -2.34.